The maximum absolute atomic E-state index is 12.1. The van der Waals surface area contributed by atoms with Gasteiger partial charge in [-0.05, 0) is 19.1 Å². The molecule has 2 heterocycles. The van der Waals surface area contributed by atoms with Gasteiger partial charge in [-0.2, -0.15) is 5.26 Å². The largest absolute Gasteiger partial charge is 0.326 e. The van der Waals surface area contributed by atoms with E-state index in [1.54, 1.807) is 4.68 Å². The number of thiazole rings is 1. The van der Waals surface area contributed by atoms with Gasteiger partial charge in [-0.25, -0.2) is 14.6 Å². The minimum atomic E-state index is -0.104. The Labute approximate surface area is 142 Å². The van der Waals surface area contributed by atoms with Crippen molar-refractivity contribution < 1.29 is 4.79 Å². The first-order valence-corrected chi connectivity index (χ1v) is 8.09. The van der Waals surface area contributed by atoms with E-state index < -0.39 is 0 Å². The predicted octanol–water partition coefficient (Wildman–Crippen LogP) is 2.14. The monoisotopic (exact) mass is 338 g/mol. The van der Waals surface area contributed by atoms with E-state index in [9.17, 15) is 4.79 Å². The van der Waals surface area contributed by atoms with Gasteiger partial charge in [0.25, 0.3) is 5.82 Å². The number of hydrogen-bond acceptors (Lipinski definition) is 6. The summed E-state index contributed by atoms with van der Waals surface area (Å²) in [6.45, 7) is 2.42. The number of amides is 1. The molecule has 7 nitrogen and oxygen atoms in total. The molecule has 1 aromatic carbocycles. The second kappa shape index (κ2) is 7.02. The van der Waals surface area contributed by atoms with Crippen LogP contribution in [0.3, 0.4) is 0 Å². The van der Waals surface area contributed by atoms with Crippen molar-refractivity contribution in [1.29, 1.82) is 5.26 Å². The number of carbonyl (C=O) groups is 1. The van der Waals surface area contributed by atoms with Crippen LogP contribution in [0.1, 0.15) is 22.1 Å². The molecule has 8 heteroatoms. The van der Waals surface area contributed by atoms with Crippen molar-refractivity contribution in [2.24, 2.45) is 0 Å². The lowest BCUT2D eigenvalue weighted by Crippen LogP contribution is -2.14. The Balaban J connectivity index is 1.58. The van der Waals surface area contributed by atoms with E-state index in [4.69, 9.17) is 5.26 Å². The van der Waals surface area contributed by atoms with Crippen LogP contribution in [0.15, 0.2) is 36.0 Å². The number of nitrogens with one attached hydrogen (secondary N) is 1. The van der Waals surface area contributed by atoms with E-state index in [0.29, 0.717) is 6.54 Å². The highest BCUT2D eigenvalue weighted by atomic mass is 32.1. The lowest BCUT2D eigenvalue weighted by Gasteiger charge is -2.04. The quantitative estimate of drug-likeness (QED) is 0.769. The van der Waals surface area contributed by atoms with Crippen LogP contribution in [0.2, 0.25) is 0 Å². The van der Waals surface area contributed by atoms with Crippen molar-refractivity contribution in [1.82, 2.24) is 19.7 Å². The molecule has 0 bridgehead atoms. The van der Waals surface area contributed by atoms with Crippen molar-refractivity contribution in [2.75, 3.05) is 5.32 Å². The smallest absolute Gasteiger partial charge is 0.252 e. The molecule has 3 rings (SSSR count). The van der Waals surface area contributed by atoms with Gasteiger partial charge in [0.15, 0.2) is 0 Å². The summed E-state index contributed by atoms with van der Waals surface area (Å²) >= 11 is 1.42. The molecule has 0 saturated carbocycles. The van der Waals surface area contributed by atoms with Gasteiger partial charge >= 0.3 is 0 Å². The Kier molecular flexibility index (Phi) is 4.63. The number of anilines is 1. The first-order chi connectivity index (χ1) is 11.6. The molecule has 24 heavy (non-hydrogen) atoms. The number of nitrogens with zero attached hydrogens (tertiary/aromatic N) is 5. The molecule has 0 aliphatic rings. The van der Waals surface area contributed by atoms with E-state index in [0.717, 1.165) is 22.0 Å². The molecule has 0 fully saturated rings. The third-order valence-electron chi connectivity index (χ3n) is 3.21. The second-order valence-electron chi connectivity index (χ2n) is 5.20. The van der Waals surface area contributed by atoms with Crippen LogP contribution in [-0.4, -0.2) is 25.7 Å². The molecule has 2 aromatic heterocycles. The van der Waals surface area contributed by atoms with Crippen molar-refractivity contribution in [3.05, 3.63) is 58.1 Å². The Morgan fingerprint density at radius 1 is 1.38 bits per heavy atom. The molecule has 120 valence electrons. The second-order valence-corrected chi connectivity index (χ2v) is 6.14. The molecular weight excluding hydrogens is 324 g/mol. The SMILES string of the molecule is Cc1ccc(NC(=O)Cc2nc(Cn3cnc(C#N)n3)cs2)cc1. The van der Waals surface area contributed by atoms with Gasteiger partial charge in [0.2, 0.25) is 5.91 Å². The van der Waals surface area contributed by atoms with E-state index >= 15 is 0 Å². The zero-order valence-electron chi connectivity index (χ0n) is 12.9. The van der Waals surface area contributed by atoms with E-state index in [-0.39, 0.29) is 18.2 Å². The summed E-state index contributed by atoms with van der Waals surface area (Å²) in [4.78, 5) is 20.3. The lowest BCUT2D eigenvalue weighted by molar-refractivity contribution is -0.115. The normalized spacial score (nSPS) is 10.3. The van der Waals surface area contributed by atoms with Crippen molar-refractivity contribution >= 4 is 22.9 Å². The number of nitriles is 1. The molecule has 0 aliphatic carbocycles. The highest BCUT2D eigenvalue weighted by Crippen LogP contribution is 2.13. The van der Waals surface area contributed by atoms with E-state index in [1.165, 1.54) is 17.7 Å². The van der Waals surface area contributed by atoms with Gasteiger partial charge in [0.05, 0.1) is 18.7 Å². The third kappa shape index (κ3) is 4.02. The van der Waals surface area contributed by atoms with Gasteiger partial charge in [0.1, 0.15) is 17.4 Å². The maximum Gasteiger partial charge on any atom is 0.252 e. The molecule has 0 aliphatic heterocycles. The summed E-state index contributed by atoms with van der Waals surface area (Å²) in [5.74, 6) is 0.0233. The van der Waals surface area contributed by atoms with Gasteiger partial charge in [-0.3, -0.25) is 4.79 Å². The fraction of sp³-hybridized carbons (Fsp3) is 0.188. The lowest BCUT2D eigenvalue weighted by atomic mass is 10.2. The number of benzene rings is 1. The maximum atomic E-state index is 12.1. The van der Waals surface area contributed by atoms with Crippen LogP contribution in [0.4, 0.5) is 5.69 Å². The topological polar surface area (TPSA) is 96.5 Å². The number of rotatable bonds is 5. The molecule has 1 N–H and O–H groups in total. The summed E-state index contributed by atoms with van der Waals surface area (Å²) in [5.41, 5.74) is 2.70. The average Bonchev–Trinajstić information content (AvgIpc) is 3.19. The zero-order valence-corrected chi connectivity index (χ0v) is 13.7. The minimum absolute atomic E-state index is 0.104. The summed E-state index contributed by atoms with van der Waals surface area (Å²) in [5, 5.41) is 18.2. The molecule has 1 amide bonds. The van der Waals surface area contributed by atoms with Crippen molar-refractivity contribution in [3.8, 4) is 6.07 Å². The number of aromatic nitrogens is 4. The number of carbonyl (C=O) groups excluding carboxylic acids is 1. The van der Waals surface area contributed by atoms with Crippen LogP contribution >= 0.6 is 11.3 Å². The average molecular weight is 338 g/mol. The fourth-order valence-electron chi connectivity index (χ4n) is 2.07. The molecule has 0 atom stereocenters. The van der Waals surface area contributed by atoms with Crippen LogP contribution < -0.4 is 5.32 Å². The number of aryl methyl sites for hydroxylation is 1. The Bertz CT molecular complexity index is 890. The first-order valence-electron chi connectivity index (χ1n) is 7.22. The molecule has 0 saturated heterocycles. The van der Waals surface area contributed by atoms with Crippen molar-refractivity contribution in [2.45, 2.75) is 19.9 Å². The third-order valence-corrected chi connectivity index (χ3v) is 4.10. The highest BCUT2D eigenvalue weighted by Gasteiger charge is 2.09. The first kappa shape index (κ1) is 15.8. The molecule has 3 aromatic rings. The highest BCUT2D eigenvalue weighted by molar-refractivity contribution is 7.09. The van der Waals surface area contributed by atoms with Crippen LogP contribution in [0.25, 0.3) is 0 Å². The van der Waals surface area contributed by atoms with Gasteiger partial charge in [-0.15, -0.1) is 16.4 Å². The summed E-state index contributed by atoms with van der Waals surface area (Å²) in [6, 6.07) is 9.52. The van der Waals surface area contributed by atoms with Gasteiger partial charge < -0.3 is 5.32 Å². The van der Waals surface area contributed by atoms with E-state index in [2.05, 4.69) is 20.4 Å². The Morgan fingerprint density at radius 3 is 2.88 bits per heavy atom. The molecule has 0 spiro atoms. The van der Waals surface area contributed by atoms with Crippen molar-refractivity contribution in [3.63, 3.8) is 0 Å². The molecule has 0 radical (unpaired) electrons. The van der Waals surface area contributed by atoms with Gasteiger partial charge in [-0.1, -0.05) is 17.7 Å². The molecular formula is C16H14N6OS. The van der Waals surface area contributed by atoms with Crippen LogP contribution in [-0.2, 0) is 17.8 Å². The van der Waals surface area contributed by atoms with E-state index in [1.807, 2.05) is 42.6 Å². The predicted molar refractivity (Wildman–Crippen MR) is 89.5 cm³/mol. The Hall–Kier alpha value is -3.05. The standard InChI is InChI=1S/C16H14N6OS/c1-11-2-4-12(5-3-11)19-15(23)6-16-20-13(9-24-16)8-22-10-18-14(7-17)21-22/h2-5,9-10H,6,8H2,1H3,(H,19,23). The minimum Gasteiger partial charge on any atom is -0.326 e. The zero-order chi connectivity index (χ0) is 16.9. The molecule has 0 unspecified atom stereocenters. The summed E-state index contributed by atoms with van der Waals surface area (Å²) in [7, 11) is 0. The van der Waals surface area contributed by atoms with Crippen LogP contribution in [0, 0.1) is 18.3 Å². The fourth-order valence-corrected chi connectivity index (χ4v) is 2.85. The summed E-state index contributed by atoms with van der Waals surface area (Å²) in [6.07, 6.45) is 1.71. The number of hydrogen-bond donors (Lipinski definition) is 1. The Morgan fingerprint density at radius 2 is 2.17 bits per heavy atom. The summed E-state index contributed by atoms with van der Waals surface area (Å²) < 4.78 is 1.55. The van der Waals surface area contributed by atoms with Gasteiger partial charge in [0, 0.05) is 11.1 Å². The van der Waals surface area contributed by atoms with Crippen LogP contribution in [0.5, 0.6) is 0 Å².